The molecule has 1 aromatic heterocycles. The molecule has 0 fully saturated rings. The Morgan fingerprint density at radius 1 is 1.41 bits per heavy atom. The van der Waals surface area contributed by atoms with E-state index in [1.54, 1.807) is 24.7 Å². The minimum Gasteiger partial charge on any atom is -0.384 e. The Morgan fingerprint density at radius 3 is 2.65 bits per heavy atom. The average Bonchev–Trinajstić information content (AvgIpc) is 2.65. The highest BCUT2D eigenvalue weighted by Crippen LogP contribution is 2.24. The summed E-state index contributed by atoms with van der Waals surface area (Å²) in [5.74, 6) is 0. The lowest BCUT2D eigenvalue weighted by molar-refractivity contribution is 0.0737. The molecule has 0 aliphatic rings. The van der Waals surface area contributed by atoms with Gasteiger partial charge in [0.1, 0.15) is 11.3 Å². The number of benzene rings is 1. The maximum Gasteiger partial charge on any atom is 0.114 e. The lowest BCUT2D eigenvalue weighted by Gasteiger charge is -2.11. The summed E-state index contributed by atoms with van der Waals surface area (Å²) in [6.45, 7) is 3.33. The van der Waals surface area contributed by atoms with E-state index in [2.05, 4.69) is 32.9 Å². The van der Waals surface area contributed by atoms with Crippen LogP contribution in [0.5, 0.6) is 0 Å². The van der Waals surface area contributed by atoms with Crippen molar-refractivity contribution in [2.45, 2.75) is 19.4 Å². The smallest absolute Gasteiger partial charge is 0.114 e. The van der Waals surface area contributed by atoms with Gasteiger partial charge in [0.2, 0.25) is 0 Å². The van der Waals surface area contributed by atoms with E-state index in [1.807, 2.05) is 18.2 Å². The zero-order valence-corrected chi connectivity index (χ0v) is 12.3. The average molecular weight is 364 g/mol. The van der Waals surface area contributed by atoms with Crippen molar-refractivity contribution in [3.63, 3.8) is 0 Å². The monoisotopic (exact) mass is 363 g/mol. The van der Waals surface area contributed by atoms with Gasteiger partial charge in [0.25, 0.3) is 0 Å². The molecule has 0 saturated carbocycles. The molecular formula is C11H11ClIN3O. The van der Waals surface area contributed by atoms with Gasteiger partial charge < -0.3 is 5.11 Å². The van der Waals surface area contributed by atoms with Gasteiger partial charge in [-0.25, -0.2) is 4.68 Å². The summed E-state index contributed by atoms with van der Waals surface area (Å²) >= 11 is 8.32. The summed E-state index contributed by atoms with van der Waals surface area (Å²) in [4.78, 5) is 0. The van der Waals surface area contributed by atoms with E-state index in [4.69, 9.17) is 11.6 Å². The predicted molar refractivity (Wildman–Crippen MR) is 74.3 cm³/mol. The molecule has 1 heterocycles. The first-order chi connectivity index (χ1) is 7.88. The quantitative estimate of drug-likeness (QED) is 0.835. The summed E-state index contributed by atoms with van der Waals surface area (Å²) in [5.41, 5.74) is 0.246. The number of aliphatic hydroxyl groups is 1. The van der Waals surface area contributed by atoms with Crippen LogP contribution in [-0.4, -0.2) is 20.1 Å². The Labute approximate surface area is 118 Å². The minimum atomic E-state index is -1.01. The van der Waals surface area contributed by atoms with Crippen LogP contribution in [0.15, 0.2) is 24.4 Å². The summed E-state index contributed by atoms with van der Waals surface area (Å²) in [7, 11) is 0. The Bertz CT molecular complexity index is 548. The maximum absolute atomic E-state index is 9.81. The van der Waals surface area contributed by atoms with Crippen LogP contribution in [0.3, 0.4) is 0 Å². The SMILES string of the molecule is CC(C)(O)c1cn(-c2ccc(I)cc2Cl)nn1. The first kappa shape index (κ1) is 12.8. The topological polar surface area (TPSA) is 50.9 Å². The van der Waals surface area contributed by atoms with Crippen LogP contribution in [0.2, 0.25) is 5.02 Å². The molecule has 0 spiro atoms. The zero-order valence-electron chi connectivity index (χ0n) is 9.35. The molecule has 2 rings (SSSR count). The lowest BCUT2D eigenvalue weighted by atomic mass is 10.1. The van der Waals surface area contributed by atoms with Crippen molar-refractivity contribution in [3.05, 3.63) is 38.7 Å². The van der Waals surface area contributed by atoms with E-state index in [0.717, 1.165) is 9.26 Å². The standard InChI is InChI=1S/C11H11ClIN3O/c1-11(2,17)10-6-16(15-14-10)9-4-3-7(13)5-8(9)12/h3-6,17H,1-2H3. The predicted octanol–water partition coefficient (Wildman–Crippen LogP) is 2.75. The Morgan fingerprint density at radius 2 is 2.12 bits per heavy atom. The van der Waals surface area contributed by atoms with E-state index < -0.39 is 5.60 Å². The van der Waals surface area contributed by atoms with Gasteiger partial charge in [-0.05, 0) is 54.6 Å². The summed E-state index contributed by atoms with van der Waals surface area (Å²) in [6.07, 6.45) is 1.67. The molecule has 6 heteroatoms. The Hall–Kier alpha value is -0.660. The minimum absolute atomic E-state index is 0.507. The summed E-state index contributed by atoms with van der Waals surface area (Å²) in [5, 5.41) is 18.3. The molecule has 2 aromatic rings. The number of hydrogen-bond donors (Lipinski definition) is 1. The number of halogens is 2. The van der Waals surface area contributed by atoms with Gasteiger partial charge in [-0.1, -0.05) is 16.8 Å². The van der Waals surface area contributed by atoms with E-state index in [0.29, 0.717) is 10.7 Å². The van der Waals surface area contributed by atoms with Crippen LogP contribution < -0.4 is 0 Å². The van der Waals surface area contributed by atoms with Crippen LogP contribution in [0.25, 0.3) is 5.69 Å². The van der Waals surface area contributed by atoms with Crippen LogP contribution in [0, 0.1) is 3.57 Å². The van der Waals surface area contributed by atoms with Gasteiger partial charge in [0.05, 0.1) is 16.9 Å². The molecule has 0 saturated heterocycles. The van der Waals surface area contributed by atoms with Crippen LogP contribution in [-0.2, 0) is 5.60 Å². The fraction of sp³-hybridized carbons (Fsp3) is 0.273. The molecule has 17 heavy (non-hydrogen) atoms. The third-order valence-electron chi connectivity index (χ3n) is 2.28. The second kappa shape index (κ2) is 4.55. The van der Waals surface area contributed by atoms with Crippen molar-refractivity contribution in [3.8, 4) is 5.69 Å². The normalized spacial score (nSPS) is 11.8. The highest BCUT2D eigenvalue weighted by molar-refractivity contribution is 14.1. The van der Waals surface area contributed by atoms with Gasteiger partial charge in [0.15, 0.2) is 0 Å². The zero-order chi connectivity index (χ0) is 12.6. The van der Waals surface area contributed by atoms with Gasteiger partial charge >= 0.3 is 0 Å². The second-order valence-corrected chi connectivity index (χ2v) is 5.86. The number of aromatic nitrogens is 3. The third-order valence-corrected chi connectivity index (χ3v) is 3.25. The largest absolute Gasteiger partial charge is 0.384 e. The van der Waals surface area contributed by atoms with E-state index in [9.17, 15) is 5.11 Å². The van der Waals surface area contributed by atoms with E-state index >= 15 is 0 Å². The molecule has 90 valence electrons. The van der Waals surface area contributed by atoms with E-state index in [-0.39, 0.29) is 0 Å². The fourth-order valence-electron chi connectivity index (χ4n) is 1.33. The highest BCUT2D eigenvalue weighted by atomic mass is 127. The van der Waals surface area contributed by atoms with Crippen molar-refractivity contribution in [2.24, 2.45) is 0 Å². The van der Waals surface area contributed by atoms with Crippen molar-refractivity contribution in [1.29, 1.82) is 0 Å². The second-order valence-electron chi connectivity index (χ2n) is 4.20. The molecule has 0 amide bonds. The van der Waals surface area contributed by atoms with Gasteiger partial charge in [-0.2, -0.15) is 0 Å². The summed E-state index contributed by atoms with van der Waals surface area (Å²) in [6, 6.07) is 5.66. The Balaban J connectivity index is 2.44. The van der Waals surface area contributed by atoms with Gasteiger partial charge in [-0.3, -0.25) is 0 Å². The van der Waals surface area contributed by atoms with Crippen LogP contribution in [0.4, 0.5) is 0 Å². The molecule has 0 aliphatic carbocycles. The fourth-order valence-corrected chi connectivity index (χ4v) is 2.27. The first-order valence-corrected chi connectivity index (χ1v) is 6.44. The van der Waals surface area contributed by atoms with Gasteiger partial charge in [-0.15, -0.1) is 5.10 Å². The van der Waals surface area contributed by atoms with Gasteiger partial charge in [0, 0.05) is 3.57 Å². The molecule has 0 bridgehead atoms. The molecule has 0 aliphatic heterocycles. The number of rotatable bonds is 2. The first-order valence-electron chi connectivity index (χ1n) is 4.98. The lowest BCUT2D eigenvalue weighted by Crippen LogP contribution is -2.15. The molecule has 1 aromatic carbocycles. The highest BCUT2D eigenvalue weighted by Gasteiger charge is 2.20. The molecular weight excluding hydrogens is 352 g/mol. The molecule has 0 unspecified atom stereocenters. The molecule has 4 nitrogen and oxygen atoms in total. The van der Waals surface area contributed by atoms with Crippen LogP contribution >= 0.6 is 34.2 Å². The molecule has 1 N–H and O–H groups in total. The number of hydrogen-bond acceptors (Lipinski definition) is 3. The third kappa shape index (κ3) is 2.78. The summed E-state index contributed by atoms with van der Waals surface area (Å²) < 4.78 is 2.62. The van der Waals surface area contributed by atoms with Crippen molar-refractivity contribution >= 4 is 34.2 Å². The molecule has 0 atom stereocenters. The Kier molecular flexibility index (Phi) is 3.42. The number of nitrogens with zero attached hydrogens (tertiary/aromatic N) is 3. The van der Waals surface area contributed by atoms with E-state index in [1.165, 1.54) is 0 Å². The van der Waals surface area contributed by atoms with Crippen molar-refractivity contribution < 1.29 is 5.11 Å². The molecule has 0 radical (unpaired) electrons. The van der Waals surface area contributed by atoms with Crippen molar-refractivity contribution in [1.82, 2.24) is 15.0 Å². The maximum atomic E-state index is 9.81. The van der Waals surface area contributed by atoms with Crippen molar-refractivity contribution in [2.75, 3.05) is 0 Å². The van der Waals surface area contributed by atoms with Crippen LogP contribution in [0.1, 0.15) is 19.5 Å².